The molecule has 0 nitrogen and oxygen atoms in total. The van der Waals surface area contributed by atoms with Crippen molar-refractivity contribution in [3.63, 3.8) is 0 Å². The molecule has 2 aromatic rings. The lowest BCUT2D eigenvalue weighted by Crippen LogP contribution is -2.18. The van der Waals surface area contributed by atoms with Crippen LogP contribution < -0.4 is 0 Å². The van der Waals surface area contributed by atoms with Gasteiger partial charge in [-0.1, -0.05) is 93.4 Å². The fraction of sp³-hybridized carbons (Fsp3) is 0.586. The maximum atomic E-state index is 13.8. The summed E-state index contributed by atoms with van der Waals surface area (Å²) >= 11 is 5.84. The second-order valence-corrected chi connectivity index (χ2v) is 10.8. The Labute approximate surface area is 193 Å². The molecule has 31 heavy (non-hydrogen) atoms. The predicted molar refractivity (Wildman–Crippen MR) is 130 cm³/mol. The summed E-state index contributed by atoms with van der Waals surface area (Å²) in [5.74, 6) is 3.68. The fourth-order valence-corrected chi connectivity index (χ4v) is 6.31. The lowest BCUT2D eigenvalue weighted by molar-refractivity contribution is 0.220. The molecule has 168 valence electrons. The van der Waals surface area contributed by atoms with E-state index in [2.05, 4.69) is 37.3 Å². The van der Waals surface area contributed by atoms with Crippen LogP contribution in [0.4, 0.5) is 4.39 Å². The van der Waals surface area contributed by atoms with E-state index in [-0.39, 0.29) is 10.8 Å². The summed E-state index contributed by atoms with van der Waals surface area (Å²) in [4.78, 5) is 0. The van der Waals surface area contributed by atoms with Gasteiger partial charge in [0.1, 0.15) is 5.82 Å². The molecule has 0 radical (unpaired) electrons. The molecule has 2 fully saturated rings. The summed E-state index contributed by atoms with van der Waals surface area (Å²) in [5, 5.41) is 0.238. The van der Waals surface area contributed by atoms with Gasteiger partial charge in [-0.2, -0.15) is 0 Å². The fourth-order valence-electron chi connectivity index (χ4n) is 6.20. The largest absolute Gasteiger partial charge is 0.205 e. The van der Waals surface area contributed by atoms with Crippen molar-refractivity contribution in [3.05, 3.63) is 70.5 Å². The number of halogens is 2. The van der Waals surface area contributed by atoms with Crippen LogP contribution in [0.2, 0.25) is 5.02 Å². The standard InChI is InChI=1S/C29H38ClF/c1-21(25-5-3-2-4-6-25)19-24-11-9-22(10-12-24)7-8-23-13-15-26(16-14-23)27-17-18-28(30)29(31)20-27/h2-6,17-18,20-24,26H,7-16,19H2,1H3. The third-order valence-electron chi connectivity index (χ3n) is 8.27. The minimum atomic E-state index is -0.268. The van der Waals surface area contributed by atoms with Gasteiger partial charge < -0.3 is 0 Å². The van der Waals surface area contributed by atoms with Gasteiger partial charge in [0.2, 0.25) is 0 Å². The zero-order valence-corrected chi connectivity index (χ0v) is 19.8. The van der Waals surface area contributed by atoms with Crippen molar-refractivity contribution in [3.8, 4) is 0 Å². The Morgan fingerprint density at radius 2 is 1.39 bits per heavy atom. The zero-order valence-electron chi connectivity index (χ0n) is 19.0. The van der Waals surface area contributed by atoms with Crippen molar-refractivity contribution in [2.75, 3.05) is 0 Å². The van der Waals surface area contributed by atoms with E-state index in [9.17, 15) is 4.39 Å². The highest BCUT2D eigenvalue weighted by molar-refractivity contribution is 6.30. The summed E-state index contributed by atoms with van der Waals surface area (Å²) in [7, 11) is 0. The highest BCUT2D eigenvalue weighted by Crippen LogP contribution is 2.41. The first-order valence-corrected chi connectivity index (χ1v) is 13.0. The van der Waals surface area contributed by atoms with Crippen molar-refractivity contribution >= 4 is 11.6 Å². The first-order valence-electron chi connectivity index (χ1n) is 12.6. The first-order chi connectivity index (χ1) is 15.1. The van der Waals surface area contributed by atoms with Gasteiger partial charge in [-0.3, -0.25) is 0 Å². The monoisotopic (exact) mass is 440 g/mol. The van der Waals surface area contributed by atoms with E-state index in [0.29, 0.717) is 11.8 Å². The average molecular weight is 441 g/mol. The summed E-state index contributed by atoms with van der Waals surface area (Å²) in [6, 6.07) is 16.4. The Balaban J connectivity index is 1.14. The quantitative estimate of drug-likeness (QED) is 0.402. The van der Waals surface area contributed by atoms with Gasteiger partial charge in [0, 0.05) is 0 Å². The van der Waals surface area contributed by atoms with Crippen LogP contribution in [0.3, 0.4) is 0 Å². The van der Waals surface area contributed by atoms with E-state index in [1.165, 1.54) is 76.2 Å². The van der Waals surface area contributed by atoms with Crippen LogP contribution >= 0.6 is 11.6 Å². The van der Waals surface area contributed by atoms with Crippen LogP contribution in [0.25, 0.3) is 0 Å². The van der Waals surface area contributed by atoms with E-state index < -0.39 is 0 Å². The van der Waals surface area contributed by atoms with Crippen LogP contribution in [0.5, 0.6) is 0 Å². The van der Waals surface area contributed by atoms with E-state index in [4.69, 9.17) is 11.6 Å². The van der Waals surface area contributed by atoms with Gasteiger partial charge in [-0.15, -0.1) is 0 Å². The molecule has 2 aliphatic rings. The van der Waals surface area contributed by atoms with Gasteiger partial charge in [0.05, 0.1) is 5.02 Å². The lowest BCUT2D eigenvalue weighted by Gasteiger charge is -2.33. The molecular formula is C29H38ClF. The number of hydrogen-bond acceptors (Lipinski definition) is 0. The Morgan fingerprint density at radius 3 is 2.00 bits per heavy atom. The van der Waals surface area contributed by atoms with E-state index >= 15 is 0 Å². The minimum Gasteiger partial charge on any atom is -0.205 e. The van der Waals surface area contributed by atoms with Crippen LogP contribution in [0.1, 0.15) is 101 Å². The van der Waals surface area contributed by atoms with Gasteiger partial charge in [-0.25, -0.2) is 4.39 Å². The van der Waals surface area contributed by atoms with Gasteiger partial charge >= 0.3 is 0 Å². The van der Waals surface area contributed by atoms with Crippen molar-refractivity contribution in [2.45, 2.75) is 89.4 Å². The number of rotatable bonds is 7. The molecule has 2 aliphatic carbocycles. The molecule has 0 spiro atoms. The van der Waals surface area contributed by atoms with Crippen LogP contribution in [0, 0.1) is 23.6 Å². The second kappa shape index (κ2) is 11.0. The van der Waals surface area contributed by atoms with Gasteiger partial charge in [0.25, 0.3) is 0 Å². The minimum absolute atomic E-state index is 0.238. The van der Waals surface area contributed by atoms with Gasteiger partial charge in [0.15, 0.2) is 0 Å². The SMILES string of the molecule is CC(CC1CCC(CCC2CCC(c3ccc(Cl)c(F)c3)CC2)CC1)c1ccccc1. The first kappa shape index (κ1) is 22.8. The molecular weight excluding hydrogens is 403 g/mol. The summed E-state index contributed by atoms with van der Waals surface area (Å²) in [6.45, 7) is 2.40. The van der Waals surface area contributed by atoms with Crippen LogP contribution in [-0.2, 0) is 0 Å². The molecule has 0 saturated heterocycles. The summed E-state index contributed by atoms with van der Waals surface area (Å²) in [6.07, 6.45) is 14.9. The molecule has 2 saturated carbocycles. The molecule has 1 unspecified atom stereocenters. The summed E-state index contributed by atoms with van der Waals surface area (Å²) in [5.41, 5.74) is 2.64. The molecule has 2 heteroatoms. The molecule has 1 atom stereocenters. The smallest absolute Gasteiger partial charge is 0.142 e. The molecule has 0 bridgehead atoms. The van der Waals surface area contributed by atoms with Crippen molar-refractivity contribution in [1.82, 2.24) is 0 Å². The van der Waals surface area contributed by atoms with Crippen LogP contribution in [-0.4, -0.2) is 0 Å². The van der Waals surface area contributed by atoms with Crippen molar-refractivity contribution in [2.24, 2.45) is 17.8 Å². The van der Waals surface area contributed by atoms with E-state index in [1.54, 1.807) is 12.1 Å². The zero-order chi connectivity index (χ0) is 21.6. The average Bonchev–Trinajstić information content (AvgIpc) is 2.81. The van der Waals surface area contributed by atoms with Crippen LogP contribution in [0.15, 0.2) is 48.5 Å². The Bertz CT molecular complexity index is 801. The van der Waals surface area contributed by atoms with Crippen molar-refractivity contribution < 1.29 is 4.39 Å². The Kier molecular flexibility index (Phi) is 8.10. The van der Waals surface area contributed by atoms with E-state index in [1.807, 2.05) is 6.07 Å². The van der Waals surface area contributed by atoms with E-state index in [0.717, 1.165) is 23.3 Å². The maximum absolute atomic E-state index is 13.8. The van der Waals surface area contributed by atoms with Gasteiger partial charge in [-0.05, 0) is 85.0 Å². The molecule has 4 rings (SSSR count). The number of hydrogen-bond donors (Lipinski definition) is 0. The Hall–Kier alpha value is -1.34. The maximum Gasteiger partial charge on any atom is 0.142 e. The molecule has 0 heterocycles. The molecule has 0 aromatic heterocycles. The molecule has 0 N–H and O–H groups in total. The topological polar surface area (TPSA) is 0 Å². The third kappa shape index (κ3) is 6.35. The Morgan fingerprint density at radius 1 is 0.806 bits per heavy atom. The molecule has 0 amide bonds. The highest BCUT2D eigenvalue weighted by Gasteiger charge is 2.26. The lowest BCUT2D eigenvalue weighted by atomic mass is 9.73. The number of benzene rings is 2. The normalized spacial score (nSPS) is 27.7. The molecule has 2 aromatic carbocycles. The summed E-state index contributed by atoms with van der Waals surface area (Å²) < 4.78 is 13.8. The molecule has 0 aliphatic heterocycles. The predicted octanol–water partition coefficient (Wildman–Crippen LogP) is 9.53. The highest BCUT2D eigenvalue weighted by atomic mass is 35.5. The second-order valence-electron chi connectivity index (χ2n) is 10.4. The van der Waals surface area contributed by atoms with Crippen molar-refractivity contribution in [1.29, 1.82) is 0 Å². The third-order valence-corrected chi connectivity index (χ3v) is 8.57.